The Morgan fingerprint density at radius 2 is 1.28 bits per heavy atom. The summed E-state index contributed by atoms with van der Waals surface area (Å²) in [5.74, 6) is -9.33. The fourth-order valence-electron chi connectivity index (χ4n) is 8.95. The third-order valence-corrected chi connectivity index (χ3v) is 18.0. The standard InChI is InChI=1S/C60H79F2N9O21SSi/c1-7-89-53(83)13-9-39(73)43-26-37-42(93-43)27-41(87-6)58(55(37)61)91-21-8-20-90-57-40(86-5)25-36-32-70(33-38(36)56(57)62)50(80)12-14-54(84)92-35(2)60(3,4)34-68-44(74)16-24-94(69-45(75)15-18-71-51(81)10-11-52(71)82)59(85)67-31-49(79)66-30-48(78)65-29-47(77)64-28-46(76)63-17-22-88-23-19-72/h10-11,25-27,35,72,94H,7-9,12-24,28-34H2,1-6H3,(H,63,76)(H,64,77)(H,65,78)(H,66,79)(H,67,85)(H,68,74)(H,69,75)/t35?,94-/m0/s1. The minimum atomic E-state index is -3.19. The quantitative estimate of drug-likeness (QED) is 0.0127. The van der Waals surface area contributed by atoms with E-state index in [1.165, 1.54) is 31.3 Å². The number of thiophene rings is 1. The van der Waals surface area contributed by atoms with Crippen molar-refractivity contribution in [2.45, 2.75) is 97.9 Å². The van der Waals surface area contributed by atoms with E-state index in [1.54, 1.807) is 33.8 Å². The largest absolute Gasteiger partial charge is 0.493 e. The van der Waals surface area contributed by atoms with Crippen molar-refractivity contribution in [2.75, 3.05) is 99.7 Å². The first-order valence-corrected chi connectivity index (χ1v) is 32.8. The van der Waals surface area contributed by atoms with Crippen LogP contribution in [0.4, 0.5) is 13.6 Å². The molecule has 1 aromatic heterocycles. The lowest BCUT2D eigenvalue weighted by Gasteiger charge is -2.31. The Morgan fingerprint density at radius 1 is 0.681 bits per heavy atom. The van der Waals surface area contributed by atoms with Gasteiger partial charge in [0, 0.05) is 104 Å². The summed E-state index contributed by atoms with van der Waals surface area (Å²) in [5, 5.41) is 23.2. The molecule has 8 N–H and O–H groups in total. The molecule has 2 atom stereocenters. The lowest BCUT2D eigenvalue weighted by atomic mass is 9.87. The average Bonchev–Trinajstić information content (AvgIpc) is 1.62. The van der Waals surface area contributed by atoms with Gasteiger partial charge in [0.05, 0.1) is 97.8 Å². The van der Waals surface area contributed by atoms with Crippen molar-refractivity contribution in [3.63, 3.8) is 0 Å². The molecule has 0 aliphatic carbocycles. The number of benzene rings is 2. The zero-order chi connectivity index (χ0) is 69.1. The number of carbonyl (C=O) groups excluding carboxylic acids is 13. The predicted molar refractivity (Wildman–Crippen MR) is 331 cm³/mol. The Bertz CT molecular complexity index is 3310. The number of ether oxygens (including phenoxy) is 7. The molecule has 34 heteroatoms. The Balaban J connectivity index is 1.04. The van der Waals surface area contributed by atoms with Gasteiger partial charge >= 0.3 is 11.9 Å². The Morgan fingerprint density at radius 3 is 1.89 bits per heavy atom. The third kappa shape index (κ3) is 23.4. The van der Waals surface area contributed by atoms with Crippen LogP contribution in [0.5, 0.6) is 23.0 Å². The van der Waals surface area contributed by atoms with Gasteiger partial charge in [0.2, 0.25) is 55.8 Å². The molecule has 30 nitrogen and oxygen atoms in total. The molecule has 3 heterocycles. The van der Waals surface area contributed by atoms with E-state index in [-0.39, 0.29) is 168 Å². The smallest absolute Gasteiger partial charge is 0.306 e. The monoisotopic (exact) mass is 1360 g/mol. The highest BCUT2D eigenvalue weighted by Crippen LogP contribution is 2.41. The van der Waals surface area contributed by atoms with Crippen LogP contribution in [0.1, 0.15) is 93.4 Å². The van der Waals surface area contributed by atoms with Gasteiger partial charge in [-0.2, -0.15) is 0 Å². The van der Waals surface area contributed by atoms with Crippen molar-refractivity contribution in [1.82, 2.24) is 46.7 Å². The molecule has 94 heavy (non-hydrogen) atoms. The fourth-order valence-corrected chi connectivity index (χ4v) is 12.0. The number of fused-ring (bicyclic) bond motifs is 2. The first-order chi connectivity index (χ1) is 44.8. The molecule has 5 rings (SSSR count). The lowest BCUT2D eigenvalue weighted by Crippen LogP contribution is -2.53. The van der Waals surface area contributed by atoms with E-state index in [2.05, 4.69) is 36.9 Å². The van der Waals surface area contributed by atoms with Gasteiger partial charge < -0.3 is 80.0 Å². The summed E-state index contributed by atoms with van der Waals surface area (Å²) >= 11 is 1.05. The van der Waals surface area contributed by atoms with Crippen LogP contribution in [-0.4, -0.2) is 206 Å². The number of ketones is 1. The highest BCUT2D eigenvalue weighted by molar-refractivity contribution is 7.20. The summed E-state index contributed by atoms with van der Waals surface area (Å²) in [4.78, 5) is 169. The molecule has 2 aliphatic rings. The molecule has 0 bridgehead atoms. The zero-order valence-electron chi connectivity index (χ0n) is 53.0. The molecular weight excluding hydrogens is 1280 g/mol. The van der Waals surface area contributed by atoms with Crippen LogP contribution in [0.3, 0.4) is 0 Å². The van der Waals surface area contributed by atoms with Crippen LogP contribution in [0.25, 0.3) is 10.1 Å². The van der Waals surface area contributed by atoms with Crippen molar-refractivity contribution in [1.29, 1.82) is 0 Å². The van der Waals surface area contributed by atoms with Crippen LogP contribution in [-0.2, 0) is 80.0 Å². The van der Waals surface area contributed by atoms with Crippen LogP contribution < -0.4 is 55.8 Å². The topological polar surface area (TPSA) is 397 Å². The summed E-state index contributed by atoms with van der Waals surface area (Å²) < 4.78 is 70.3. The maximum absolute atomic E-state index is 16.1. The molecule has 2 aromatic carbocycles. The second-order valence-corrected chi connectivity index (χ2v) is 25.4. The van der Waals surface area contributed by atoms with E-state index in [0.717, 1.165) is 28.4 Å². The van der Waals surface area contributed by atoms with E-state index in [9.17, 15) is 62.3 Å². The number of imide groups is 1. The number of rotatable bonds is 41. The maximum atomic E-state index is 16.1. The van der Waals surface area contributed by atoms with Gasteiger partial charge in [-0.25, -0.2) is 8.78 Å². The van der Waals surface area contributed by atoms with Crippen molar-refractivity contribution in [3.8, 4) is 23.0 Å². The van der Waals surface area contributed by atoms with Gasteiger partial charge in [-0.15, -0.1) is 11.3 Å². The lowest BCUT2D eigenvalue weighted by molar-refractivity contribution is -0.155. The molecule has 0 saturated heterocycles. The third-order valence-electron chi connectivity index (χ3n) is 14.5. The molecule has 10 amide bonds. The first-order valence-electron chi connectivity index (χ1n) is 30.0. The van der Waals surface area contributed by atoms with Crippen molar-refractivity contribution in [2.24, 2.45) is 5.41 Å². The Labute approximate surface area is 544 Å². The minimum absolute atomic E-state index is 0.00289. The summed E-state index contributed by atoms with van der Waals surface area (Å²) in [5.41, 5.74) is -1.06. The number of halogens is 2. The molecule has 0 spiro atoms. The number of aliphatic hydroxyl groups excluding tert-OH is 1. The molecule has 0 fully saturated rings. The number of amides is 10. The highest BCUT2D eigenvalue weighted by Gasteiger charge is 2.34. The number of nitrogens with one attached hydrogen (secondary N) is 7. The first kappa shape index (κ1) is 75.6. The molecule has 1 unspecified atom stereocenters. The second kappa shape index (κ2) is 37.5. The normalized spacial score (nSPS) is 13.1. The summed E-state index contributed by atoms with van der Waals surface area (Å²) in [7, 11) is -0.542. The molecule has 0 radical (unpaired) electrons. The second-order valence-electron chi connectivity index (χ2n) is 21.8. The average molecular weight is 1360 g/mol. The number of methoxy groups -OCH3 is 2. The van der Waals surface area contributed by atoms with E-state index in [4.69, 9.17) is 38.3 Å². The van der Waals surface area contributed by atoms with Gasteiger partial charge in [0.1, 0.15) is 6.10 Å². The van der Waals surface area contributed by atoms with Gasteiger partial charge in [0.15, 0.2) is 40.4 Å². The van der Waals surface area contributed by atoms with Gasteiger partial charge in [-0.3, -0.25) is 67.2 Å². The van der Waals surface area contributed by atoms with Crippen molar-refractivity contribution < 1.29 is 109 Å². The van der Waals surface area contributed by atoms with Gasteiger partial charge in [-0.1, -0.05) is 13.8 Å². The minimum Gasteiger partial charge on any atom is -0.493 e. The van der Waals surface area contributed by atoms with Crippen molar-refractivity contribution >= 4 is 107 Å². The van der Waals surface area contributed by atoms with E-state index in [1.807, 2.05) is 0 Å². The summed E-state index contributed by atoms with van der Waals surface area (Å²) in [6.07, 6.45) is -0.158. The number of carbonyl (C=O) groups is 13. The maximum Gasteiger partial charge on any atom is 0.306 e. The summed E-state index contributed by atoms with van der Waals surface area (Å²) in [6.45, 7) is 4.13. The number of Topliss-reactive ketones (excluding diaryl/α,β-unsaturated/α-hetero) is 1. The van der Waals surface area contributed by atoms with Gasteiger partial charge in [0.25, 0.3) is 11.8 Å². The van der Waals surface area contributed by atoms with Gasteiger partial charge in [-0.05, 0) is 37.6 Å². The van der Waals surface area contributed by atoms with E-state index >= 15 is 8.78 Å². The van der Waals surface area contributed by atoms with Crippen LogP contribution >= 0.6 is 11.3 Å². The number of hydrogen-bond donors (Lipinski definition) is 8. The zero-order valence-corrected chi connectivity index (χ0v) is 54.9. The Hall–Kier alpha value is -9.15. The van der Waals surface area contributed by atoms with E-state index in [0.29, 0.717) is 10.3 Å². The van der Waals surface area contributed by atoms with Crippen LogP contribution in [0, 0.1) is 17.0 Å². The van der Waals surface area contributed by atoms with Crippen molar-refractivity contribution in [3.05, 3.63) is 58.0 Å². The summed E-state index contributed by atoms with van der Waals surface area (Å²) in [6, 6.07) is 4.29. The molecule has 2 aliphatic heterocycles. The predicted octanol–water partition coefficient (Wildman–Crippen LogP) is 0.577. The molecule has 0 saturated carbocycles. The fraction of sp³-hybridized carbons (Fsp3) is 0.517. The molecular formula is C60H79F2N9O21SSi. The molecule has 3 aromatic rings. The highest BCUT2D eigenvalue weighted by atomic mass is 32.1. The van der Waals surface area contributed by atoms with Crippen LogP contribution in [0.15, 0.2) is 30.4 Å². The molecule has 514 valence electrons. The number of aliphatic hydroxyl groups is 1. The SMILES string of the molecule is CCOC(=O)CCC(=O)c1cc2c(F)c(OCCCOc3c(OC)cc4c(c3F)CN(C(=O)CCC(=O)OC(C)C(C)(C)CNC(=O)CC[Si@H](NC(=O)CCN3C(=O)C=CC3=O)C(=O)NCC(=O)NCC(=O)NCC(=O)NCC(=O)NCCOCCO)C4)c(OC)cc2s1. The Kier molecular flexibility index (Phi) is 30.2. The number of esters is 2. The number of hydrogen-bond acceptors (Lipinski definition) is 22. The van der Waals surface area contributed by atoms with E-state index < -0.39 is 129 Å². The van der Waals surface area contributed by atoms with Crippen LogP contribution in [0.2, 0.25) is 6.04 Å². The number of nitrogens with zero attached hydrogens (tertiary/aromatic N) is 2.